The van der Waals surface area contributed by atoms with E-state index in [0.717, 1.165) is 0 Å². The summed E-state index contributed by atoms with van der Waals surface area (Å²) in [5.74, 6) is -0.539. The summed E-state index contributed by atoms with van der Waals surface area (Å²) in [4.78, 5) is 13.5. The highest BCUT2D eigenvalue weighted by atomic mass is 16.5. The van der Waals surface area contributed by atoms with E-state index < -0.39 is 11.6 Å². The number of carboxylic acids is 1. The minimum Gasteiger partial charge on any atom is -0.477 e. The Kier molecular flexibility index (Phi) is 4.06. The van der Waals surface area contributed by atoms with Crippen LogP contribution in [-0.2, 0) is 0 Å². The average Bonchev–Trinajstić information content (AvgIpc) is 3.01. The van der Waals surface area contributed by atoms with Crippen LogP contribution < -0.4 is 10.6 Å². The Bertz CT molecular complexity index is 691. The zero-order chi connectivity index (χ0) is 16.4. The lowest BCUT2D eigenvalue weighted by Crippen LogP contribution is -2.49. The molecule has 4 N–H and O–H groups in total. The van der Waals surface area contributed by atoms with Gasteiger partial charge in [0.05, 0.1) is 5.60 Å². The second kappa shape index (κ2) is 6.02. The number of carboxylic acid groups (broad SMARTS) is 1. The zero-order valence-corrected chi connectivity index (χ0v) is 12.6. The fourth-order valence-corrected chi connectivity index (χ4v) is 2.82. The molecule has 0 unspecified atom stereocenters. The molecule has 23 heavy (non-hydrogen) atoms. The molecule has 7 nitrogen and oxygen atoms in total. The van der Waals surface area contributed by atoms with Gasteiger partial charge in [-0.15, -0.1) is 0 Å². The minimum absolute atomic E-state index is 0.0504. The molecular formula is C16H19N3O4. The topological polar surface area (TPSA) is 113 Å². The van der Waals surface area contributed by atoms with Gasteiger partial charge in [0.2, 0.25) is 0 Å². The van der Waals surface area contributed by atoms with Crippen molar-refractivity contribution in [3.05, 3.63) is 35.9 Å². The molecule has 0 aliphatic carbocycles. The highest BCUT2D eigenvalue weighted by Crippen LogP contribution is 2.33. The van der Waals surface area contributed by atoms with Crippen LogP contribution >= 0.6 is 0 Å². The van der Waals surface area contributed by atoms with Crippen molar-refractivity contribution in [3.63, 3.8) is 0 Å². The van der Waals surface area contributed by atoms with E-state index >= 15 is 0 Å². The summed E-state index contributed by atoms with van der Waals surface area (Å²) in [5.41, 5.74) is 5.42. The van der Waals surface area contributed by atoms with Crippen LogP contribution in [0.1, 0.15) is 23.2 Å². The summed E-state index contributed by atoms with van der Waals surface area (Å²) in [7, 11) is 0. The first-order valence-corrected chi connectivity index (χ1v) is 7.50. The molecule has 1 saturated heterocycles. The Morgan fingerprint density at radius 1 is 1.30 bits per heavy atom. The van der Waals surface area contributed by atoms with Gasteiger partial charge in [0.1, 0.15) is 0 Å². The SMILES string of the molecule is NCC1(O)CCN(c2noc(-c3ccccc3)c2C(=O)O)CC1. The first-order valence-electron chi connectivity index (χ1n) is 7.50. The number of benzene rings is 1. The van der Waals surface area contributed by atoms with E-state index in [-0.39, 0.29) is 17.9 Å². The van der Waals surface area contributed by atoms with Crippen LogP contribution in [0.5, 0.6) is 0 Å². The van der Waals surface area contributed by atoms with Crippen molar-refractivity contribution < 1.29 is 19.5 Å². The number of aliphatic hydroxyl groups is 1. The predicted molar refractivity (Wildman–Crippen MR) is 84.3 cm³/mol. The van der Waals surface area contributed by atoms with Crippen LogP contribution in [0.15, 0.2) is 34.9 Å². The highest BCUT2D eigenvalue weighted by Gasteiger charge is 2.35. The average molecular weight is 317 g/mol. The molecule has 1 aliphatic rings. The molecule has 2 aromatic rings. The summed E-state index contributed by atoms with van der Waals surface area (Å²) in [6.07, 6.45) is 0.937. The van der Waals surface area contributed by atoms with Crippen molar-refractivity contribution in [1.29, 1.82) is 0 Å². The Balaban J connectivity index is 1.92. The molecule has 1 fully saturated rings. The third-order valence-electron chi connectivity index (χ3n) is 4.30. The van der Waals surface area contributed by atoms with E-state index in [1.165, 1.54) is 0 Å². The van der Waals surface area contributed by atoms with Gasteiger partial charge in [-0.3, -0.25) is 0 Å². The lowest BCUT2D eigenvalue weighted by molar-refractivity contribution is 0.0247. The maximum absolute atomic E-state index is 11.7. The second-order valence-electron chi connectivity index (χ2n) is 5.80. The third kappa shape index (κ3) is 2.93. The van der Waals surface area contributed by atoms with E-state index in [2.05, 4.69) is 5.16 Å². The number of rotatable bonds is 4. The minimum atomic E-state index is -1.08. The molecule has 3 rings (SSSR count). The molecule has 1 aromatic carbocycles. The van der Waals surface area contributed by atoms with Crippen LogP contribution in [0.3, 0.4) is 0 Å². The first kappa shape index (κ1) is 15.5. The number of carbonyl (C=O) groups is 1. The molecule has 0 saturated carbocycles. The molecule has 1 aliphatic heterocycles. The van der Waals surface area contributed by atoms with Crippen LogP contribution in [0.4, 0.5) is 5.82 Å². The molecule has 0 radical (unpaired) electrons. The summed E-state index contributed by atoms with van der Waals surface area (Å²) in [5, 5.41) is 23.7. The van der Waals surface area contributed by atoms with Crippen molar-refractivity contribution in [2.24, 2.45) is 5.73 Å². The molecule has 2 heterocycles. The monoisotopic (exact) mass is 317 g/mol. The van der Waals surface area contributed by atoms with Crippen LogP contribution in [0, 0.1) is 0 Å². The van der Waals surface area contributed by atoms with Crippen molar-refractivity contribution >= 4 is 11.8 Å². The second-order valence-corrected chi connectivity index (χ2v) is 5.80. The van der Waals surface area contributed by atoms with E-state index in [4.69, 9.17) is 10.3 Å². The molecule has 1 aromatic heterocycles. The number of aromatic carboxylic acids is 1. The Morgan fingerprint density at radius 2 is 1.96 bits per heavy atom. The van der Waals surface area contributed by atoms with Crippen molar-refractivity contribution in [3.8, 4) is 11.3 Å². The van der Waals surface area contributed by atoms with Gasteiger partial charge in [0.15, 0.2) is 17.1 Å². The molecule has 7 heteroatoms. The molecular weight excluding hydrogens is 298 g/mol. The number of hydrogen-bond acceptors (Lipinski definition) is 6. The zero-order valence-electron chi connectivity index (χ0n) is 12.6. The van der Waals surface area contributed by atoms with Gasteiger partial charge in [0, 0.05) is 25.2 Å². The van der Waals surface area contributed by atoms with E-state index in [1.807, 2.05) is 23.1 Å². The summed E-state index contributed by atoms with van der Waals surface area (Å²) < 4.78 is 5.31. The van der Waals surface area contributed by atoms with Crippen LogP contribution in [-0.4, -0.2) is 46.6 Å². The predicted octanol–water partition coefficient (Wildman–Crippen LogP) is 1.33. The quantitative estimate of drug-likeness (QED) is 0.779. The van der Waals surface area contributed by atoms with Gasteiger partial charge in [-0.05, 0) is 12.8 Å². The third-order valence-corrected chi connectivity index (χ3v) is 4.30. The Hall–Kier alpha value is -2.38. The largest absolute Gasteiger partial charge is 0.477 e. The number of nitrogens with zero attached hydrogens (tertiary/aromatic N) is 2. The summed E-state index contributed by atoms with van der Waals surface area (Å²) in [6, 6.07) is 9.02. The smallest absolute Gasteiger partial charge is 0.343 e. The van der Waals surface area contributed by atoms with Gasteiger partial charge in [0.25, 0.3) is 0 Å². The molecule has 0 spiro atoms. The number of hydrogen-bond donors (Lipinski definition) is 3. The fourth-order valence-electron chi connectivity index (χ4n) is 2.82. The van der Waals surface area contributed by atoms with E-state index in [0.29, 0.717) is 37.3 Å². The lowest BCUT2D eigenvalue weighted by atomic mass is 9.91. The van der Waals surface area contributed by atoms with Crippen molar-refractivity contribution in [2.75, 3.05) is 24.5 Å². The van der Waals surface area contributed by atoms with Gasteiger partial charge in [-0.2, -0.15) is 0 Å². The van der Waals surface area contributed by atoms with Crippen molar-refractivity contribution in [2.45, 2.75) is 18.4 Å². The fraction of sp³-hybridized carbons (Fsp3) is 0.375. The molecule has 0 amide bonds. The van der Waals surface area contributed by atoms with Gasteiger partial charge < -0.3 is 25.4 Å². The number of piperidine rings is 1. The van der Waals surface area contributed by atoms with Crippen molar-refractivity contribution in [1.82, 2.24) is 5.16 Å². The first-order chi connectivity index (χ1) is 11.0. The number of anilines is 1. The maximum atomic E-state index is 11.7. The Labute approximate surface area is 133 Å². The standard InChI is InChI=1S/C16H19N3O4/c17-10-16(22)6-8-19(9-7-16)14-12(15(20)21)13(23-18-14)11-4-2-1-3-5-11/h1-5,22H,6-10,17H2,(H,20,21). The van der Waals surface area contributed by atoms with Gasteiger partial charge in [-0.1, -0.05) is 35.5 Å². The van der Waals surface area contributed by atoms with Gasteiger partial charge >= 0.3 is 5.97 Å². The number of aromatic nitrogens is 1. The Morgan fingerprint density at radius 3 is 2.52 bits per heavy atom. The van der Waals surface area contributed by atoms with Crippen LogP contribution in [0.25, 0.3) is 11.3 Å². The van der Waals surface area contributed by atoms with E-state index in [1.54, 1.807) is 12.1 Å². The normalized spacial score (nSPS) is 17.2. The van der Waals surface area contributed by atoms with E-state index in [9.17, 15) is 15.0 Å². The molecule has 122 valence electrons. The molecule has 0 atom stereocenters. The van der Waals surface area contributed by atoms with Gasteiger partial charge in [-0.25, -0.2) is 4.79 Å². The summed E-state index contributed by atoms with van der Waals surface area (Å²) in [6.45, 7) is 1.16. The number of nitrogens with two attached hydrogens (primary N) is 1. The highest BCUT2D eigenvalue weighted by molar-refractivity contribution is 5.99. The maximum Gasteiger partial charge on any atom is 0.343 e. The summed E-state index contributed by atoms with van der Waals surface area (Å²) >= 11 is 0. The molecule has 0 bridgehead atoms. The lowest BCUT2D eigenvalue weighted by Gasteiger charge is -2.37. The van der Waals surface area contributed by atoms with Crippen LogP contribution in [0.2, 0.25) is 0 Å².